The molecular formula is C41H68O4Si3. The van der Waals surface area contributed by atoms with Crippen LogP contribution in [0.25, 0.3) is 0 Å². The third-order valence-electron chi connectivity index (χ3n) is 10.7. The van der Waals surface area contributed by atoms with Crippen molar-refractivity contribution in [3.8, 4) is 0 Å². The van der Waals surface area contributed by atoms with Crippen molar-refractivity contribution in [1.29, 1.82) is 0 Å². The number of allylic oxidation sites excluding steroid dienone is 4. The SMILES string of the molecule is CC[Si](CC)(CC)OC[C@H](/C=C/C=C/C=C/C[C@H](O[Si](CC)(CC)CC)C(C)CO)O[Si](c1ccccc1)(c1ccccc1)C(C)(C)C. The average Bonchev–Trinajstić information content (AvgIpc) is 3.11. The van der Waals surface area contributed by atoms with Crippen LogP contribution in [0.3, 0.4) is 0 Å². The molecule has 0 amide bonds. The van der Waals surface area contributed by atoms with Gasteiger partial charge in [0.1, 0.15) is 0 Å². The van der Waals surface area contributed by atoms with E-state index in [0.717, 1.165) is 42.7 Å². The maximum atomic E-state index is 9.93. The zero-order valence-electron chi connectivity index (χ0n) is 32.0. The van der Waals surface area contributed by atoms with Crippen LogP contribution >= 0.6 is 0 Å². The summed E-state index contributed by atoms with van der Waals surface area (Å²) >= 11 is 0. The first-order valence-corrected chi connectivity index (χ1v) is 25.6. The molecule has 0 aliphatic heterocycles. The van der Waals surface area contributed by atoms with Gasteiger partial charge in [0.25, 0.3) is 8.32 Å². The molecule has 2 rings (SSSR count). The Kier molecular flexibility index (Phi) is 18.3. The molecule has 2 aromatic rings. The molecule has 2 aromatic carbocycles. The second-order valence-electron chi connectivity index (χ2n) is 14.4. The Morgan fingerprint density at radius 3 is 1.58 bits per heavy atom. The highest BCUT2D eigenvalue weighted by Crippen LogP contribution is 2.38. The number of aliphatic hydroxyl groups excluding tert-OH is 1. The molecule has 1 unspecified atom stereocenters. The molecule has 0 aromatic heterocycles. The van der Waals surface area contributed by atoms with Crippen molar-refractivity contribution in [2.24, 2.45) is 5.92 Å². The fourth-order valence-electron chi connectivity index (χ4n) is 6.81. The van der Waals surface area contributed by atoms with E-state index in [-0.39, 0.29) is 29.8 Å². The Morgan fingerprint density at radius 1 is 0.667 bits per heavy atom. The highest BCUT2D eigenvalue weighted by Gasteiger charge is 2.51. The minimum atomic E-state index is -2.76. The van der Waals surface area contributed by atoms with Crippen LogP contribution in [0, 0.1) is 5.92 Å². The molecule has 0 fully saturated rings. The lowest BCUT2D eigenvalue weighted by molar-refractivity contribution is 0.0896. The van der Waals surface area contributed by atoms with Gasteiger partial charge in [0.2, 0.25) is 0 Å². The predicted octanol–water partition coefficient (Wildman–Crippen LogP) is 10.0. The van der Waals surface area contributed by atoms with E-state index < -0.39 is 25.0 Å². The number of hydrogen-bond donors (Lipinski definition) is 1. The number of benzene rings is 2. The summed E-state index contributed by atoms with van der Waals surface area (Å²) < 4.78 is 21.2. The lowest BCUT2D eigenvalue weighted by Gasteiger charge is -2.45. The van der Waals surface area contributed by atoms with Gasteiger partial charge in [0, 0.05) is 12.5 Å². The molecule has 0 saturated heterocycles. The quantitative estimate of drug-likeness (QED) is 0.0977. The molecule has 0 heterocycles. The van der Waals surface area contributed by atoms with E-state index in [2.05, 4.69) is 166 Å². The summed E-state index contributed by atoms with van der Waals surface area (Å²) in [4.78, 5) is 0. The molecule has 0 spiro atoms. The van der Waals surface area contributed by atoms with Crippen LogP contribution in [0.4, 0.5) is 0 Å². The van der Waals surface area contributed by atoms with E-state index in [4.69, 9.17) is 13.3 Å². The molecule has 268 valence electrons. The van der Waals surface area contributed by atoms with Gasteiger partial charge >= 0.3 is 0 Å². The van der Waals surface area contributed by atoms with Crippen LogP contribution in [0.15, 0.2) is 97.1 Å². The normalized spacial score (nSPS) is 15.5. The lowest BCUT2D eigenvalue weighted by Crippen LogP contribution is -2.68. The number of rotatable bonds is 22. The predicted molar refractivity (Wildman–Crippen MR) is 216 cm³/mol. The van der Waals surface area contributed by atoms with E-state index in [0.29, 0.717) is 6.61 Å². The van der Waals surface area contributed by atoms with Crippen LogP contribution in [0.2, 0.25) is 41.3 Å². The fraction of sp³-hybridized carbons (Fsp3) is 0.561. The maximum Gasteiger partial charge on any atom is 0.261 e. The van der Waals surface area contributed by atoms with Crippen LogP contribution in [-0.4, -0.2) is 55.5 Å². The lowest BCUT2D eigenvalue weighted by atomic mass is 10.0. The highest BCUT2D eigenvalue weighted by atomic mass is 28.4. The summed E-state index contributed by atoms with van der Waals surface area (Å²) in [5.74, 6) is 0.111. The maximum absolute atomic E-state index is 9.93. The van der Waals surface area contributed by atoms with E-state index in [1.165, 1.54) is 10.4 Å². The summed E-state index contributed by atoms with van der Waals surface area (Å²) in [5, 5.41) is 12.4. The molecule has 4 nitrogen and oxygen atoms in total. The second kappa shape index (κ2) is 20.7. The van der Waals surface area contributed by atoms with Crippen molar-refractivity contribution in [3.63, 3.8) is 0 Å². The Balaban J connectivity index is 2.42. The van der Waals surface area contributed by atoms with Crippen molar-refractivity contribution >= 4 is 35.3 Å². The molecule has 1 N–H and O–H groups in total. The van der Waals surface area contributed by atoms with Gasteiger partial charge in [-0.3, -0.25) is 0 Å². The van der Waals surface area contributed by atoms with Crippen LogP contribution in [0.5, 0.6) is 0 Å². The summed E-state index contributed by atoms with van der Waals surface area (Å²) in [6.07, 6.45) is 13.4. The zero-order valence-corrected chi connectivity index (χ0v) is 35.0. The summed E-state index contributed by atoms with van der Waals surface area (Å²) in [7, 11) is -6.35. The second-order valence-corrected chi connectivity index (χ2v) is 28.1. The largest absolute Gasteiger partial charge is 0.414 e. The van der Waals surface area contributed by atoms with Crippen molar-refractivity contribution in [2.45, 2.75) is 129 Å². The monoisotopic (exact) mass is 708 g/mol. The summed E-state index contributed by atoms with van der Waals surface area (Å²) in [6, 6.07) is 28.4. The Bertz CT molecular complexity index is 1180. The van der Waals surface area contributed by atoms with Gasteiger partial charge in [-0.2, -0.15) is 0 Å². The van der Waals surface area contributed by atoms with Gasteiger partial charge < -0.3 is 18.4 Å². The van der Waals surface area contributed by atoms with Crippen molar-refractivity contribution in [2.75, 3.05) is 13.2 Å². The molecule has 3 atom stereocenters. The molecule has 7 heteroatoms. The molecule has 0 bridgehead atoms. The van der Waals surface area contributed by atoms with Gasteiger partial charge in [-0.25, -0.2) is 0 Å². The van der Waals surface area contributed by atoms with E-state index in [9.17, 15) is 5.11 Å². The first-order valence-electron chi connectivity index (χ1n) is 18.7. The first kappa shape index (κ1) is 42.3. The van der Waals surface area contributed by atoms with Crippen molar-refractivity contribution < 1.29 is 18.4 Å². The van der Waals surface area contributed by atoms with Crippen molar-refractivity contribution in [3.05, 3.63) is 97.1 Å². The average molecular weight is 709 g/mol. The van der Waals surface area contributed by atoms with Gasteiger partial charge in [-0.05, 0) is 58.1 Å². The Morgan fingerprint density at radius 2 is 1.15 bits per heavy atom. The van der Waals surface area contributed by atoms with Gasteiger partial charge in [0.15, 0.2) is 16.6 Å². The highest BCUT2D eigenvalue weighted by molar-refractivity contribution is 6.99. The Hall–Kier alpha value is -1.85. The Labute approximate surface area is 298 Å². The smallest absolute Gasteiger partial charge is 0.261 e. The molecular weight excluding hydrogens is 641 g/mol. The third-order valence-corrected chi connectivity index (χ3v) is 25.0. The number of hydrogen-bond acceptors (Lipinski definition) is 4. The topological polar surface area (TPSA) is 47.9 Å². The van der Waals surface area contributed by atoms with Crippen LogP contribution in [-0.2, 0) is 13.3 Å². The number of aliphatic hydroxyl groups is 1. The third kappa shape index (κ3) is 11.3. The fourth-order valence-corrected chi connectivity index (χ4v) is 17.0. The summed E-state index contributed by atoms with van der Waals surface area (Å²) in [6.45, 7) is 23.4. The molecule has 0 aliphatic rings. The molecule has 0 aliphatic carbocycles. The van der Waals surface area contributed by atoms with E-state index in [1.54, 1.807) is 0 Å². The van der Waals surface area contributed by atoms with Gasteiger partial charge in [-0.1, -0.05) is 166 Å². The van der Waals surface area contributed by atoms with Crippen LogP contribution in [0.1, 0.15) is 75.7 Å². The zero-order chi connectivity index (χ0) is 35.7. The molecule has 48 heavy (non-hydrogen) atoms. The van der Waals surface area contributed by atoms with Crippen molar-refractivity contribution in [1.82, 2.24) is 0 Å². The minimum absolute atomic E-state index is 0.0446. The van der Waals surface area contributed by atoms with Gasteiger partial charge in [0.05, 0.1) is 18.8 Å². The van der Waals surface area contributed by atoms with Gasteiger partial charge in [-0.15, -0.1) is 0 Å². The van der Waals surface area contributed by atoms with E-state index in [1.807, 2.05) is 0 Å². The molecule has 0 saturated carbocycles. The van der Waals surface area contributed by atoms with E-state index >= 15 is 0 Å². The first-order chi connectivity index (χ1) is 23.0. The summed E-state index contributed by atoms with van der Waals surface area (Å²) in [5.41, 5.74) is 0. The standard InChI is InChI=1S/C41H68O4Si3/c1-11-46(12-2,13-3)43-35-37(28-22-18-17-19-27-33-40(36(7)34-42)45-47(14-4,15-5)16-6)44-48(41(8,9)10,38-29-23-20-24-30-38)39-31-25-21-26-32-39/h17-32,36-37,40,42H,11-16,33-35H2,1-10H3/b18-17+,27-19+,28-22+/t36?,37-,40-/m0/s1. The molecule has 0 radical (unpaired) electrons. The van der Waals surface area contributed by atoms with Crippen LogP contribution < -0.4 is 10.4 Å². The minimum Gasteiger partial charge on any atom is -0.414 e.